The zero-order valence-electron chi connectivity index (χ0n) is 12.6. The Morgan fingerprint density at radius 3 is 2.42 bits per heavy atom. The lowest BCUT2D eigenvalue weighted by atomic mass is 9.82. The zero-order valence-corrected chi connectivity index (χ0v) is 13.8. The average molecular weight is 276 g/mol. The molecule has 0 aromatic carbocycles. The van der Waals surface area contributed by atoms with E-state index >= 15 is 0 Å². The Kier molecular flexibility index (Phi) is 4.16. The molecule has 0 aliphatic heterocycles. The van der Waals surface area contributed by atoms with Crippen LogP contribution in [0.3, 0.4) is 0 Å². The Morgan fingerprint density at radius 1 is 0.947 bits per heavy atom. The summed E-state index contributed by atoms with van der Waals surface area (Å²) in [4.78, 5) is 0. The maximum absolute atomic E-state index is 6.41. The molecule has 3 rings (SSSR count). The van der Waals surface area contributed by atoms with E-state index in [4.69, 9.17) is 4.43 Å². The quantitative estimate of drug-likeness (QED) is 0.652. The van der Waals surface area contributed by atoms with Gasteiger partial charge in [-0.05, 0) is 75.1 Å². The van der Waals surface area contributed by atoms with E-state index in [9.17, 15) is 0 Å². The van der Waals surface area contributed by atoms with Gasteiger partial charge in [0.25, 0.3) is 0 Å². The largest absolute Gasteiger partial charge is 0.547 e. The second-order valence-electron chi connectivity index (χ2n) is 6.82. The first-order valence-corrected chi connectivity index (χ1v) is 11.1. The van der Waals surface area contributed by atoms with Gasteiger partial charge in [0.1, 0.15) is 5.76 Å². The predicted octanol–water partition coefficient (Wildman–Crippen LogP) is 5.10. The smallest absolute Gasteiger partial charge is 0.229 e. The lowest BCUT2D eigenvalue weighted by molar-refractivity contribution is 0.373. The highest BCUT2D eigenvalue weighted by atomic mass is 28.3. The van der Waals surface area contributed by atoms with E-state index in [0.717, 1.165) is 5.92 Å². The third-order valence-corrected chi connectivity index (χ3v) is 5.71. The molecule has 1 saturated carbocycles. The van der Waals surface area contributed by atoms with Crippen LogP contribution >= 0.6 is 0 Å². The Balaban J connectivity index is 1.86. The Hall–Kier alpha value is -0.503. The molecular formula is C17H28OSi. The van der Waals surface area contributed by atoms with Crippen LogP contribution in [0.15, 0.2) is 22.5 Å². The third kappa shape index (κ3) is 2.84. The van der Waals surface area contributed by atoms with Crippen LogP contribution < -0.4 is 0 Å². The van der Waals surface area contributed by atoms with E-state index in [1.54, 1.807) is 16.7 Å². The van der Waals surface area contributed by atoms with E-state index in [1.165, 1.54) is 70.0 Å². The number of rotatable bonds is 3. The average Bonchev–Trinajstić information content (AvgIpc) is 2.78. The second kappa shape index (κ2) is 5.86. The van der Waals surface area contributed by atoms with E-state index in [1.807, 2.05) is 0 Å². The number of hydrogen-bond donors (Lipinski definition) is 0. The monoisotopic (exact) mass is 276 g/mol. The SMILES string of the molecule is C[SiH](C)OC1=C(C2CCCCC2)CC2=C1CCCC2. The molecule has 3 aliphatic rings. The molecule has 0 atom stereocenters. The molecule has 0 spiro atoms. The van der Waals surface area contributed by atoms with Gasteiger partial charge in [0.15, 0.2) is 0 Å². The summed E-state index contributed by atoms with van der Waals surface area (Å²) >= 11 is 0. The molecule has 3 aliphatic carbocycles. The van der Waals surface area contributed by atoms with Gasteiger partial charge in [0, 0.05) is 0 Å². The van der Waals surface area contributed by atoms with Crippen molar-refractivity contribution in [2.24, 2.45) is 5.92 Å². The molecular weight excluding hydrogens is 248 g/mol. The van der Waals surface area contributed by atoms with Crippen molar-refractivity contribution in [3.8, 4) is 0 Å². The lowest BCUT2D eigenvalue weighted by Crippen LogP contribution is -2.14. The standard InChI is InChI=1S/C17H28OSi/c1-19(2)18-17-15-11-7-6-10-14(15)12-16(17)13-8-4-3-5-9-13/h13,19H,3-12H2,1-2H3. The van der Waals surface area contributed by atoms with Crippen LogP contribution in [0.4, 0.5) is 0 Å². The van der Waals surface area contributed by atoms with Crippen LogP contribution in [0, 0.1) is 5.92 Å². The first-order valence-electron chi connectivity index (χ1n) is 8.36. The minimum Gasteiger partial charge on any atom is -0.547 e. The highest BCUT2D eigenvalue weighted by Crippen LogP contribution is 2.46. The normalized spacial score (nSPS) is 25.2. The van der Waals surface area contributed by atoms with Gasteiger partial charge in [-0.1, -0.05) is 24.8 Å². The van der Waals surface area contributed by atoms with Gasteiger partial charge in [-0.2, -0.15) is 0 Å². The van der Waals surface area contributed by atoms with Crippen LogP contribution in [-0.2, 0) is 4.43 Å². The molecule has 19 heavy (non-hydrogen) atoms. The molecule has 106 valence electrons. The summed E-state index contributed by atoms with van der Waals surface area (Å²) in [6.45, 7) is 4.62. The molecule has 0 aromatic rings. The van der Waals surface area contributed by atoms with Crippen molar-refractivity contribution >= 4 is 9.04 Å². The lowest BCUT2D eigenvalue weighted by Gasteiger charge is -2.25. The molecule has 1 fully saturated rings. The summed E-state index contributed by atoms with van der Waals surface area (Å²) in [6.07, 6.45) is 13.9. The Bertz CT molecular complexity index is 399. The fourth-order valence-electron chi connectivity index (χ4n) is 4.10. The Labute approximate surface area is 119 Å². The summed E-state index contributed by atoms with van der Waals surface area (Å²) in [6, 6.07) is 0. The summed E-state index contributed by atoms with van der Waals surface area (Å²) in [5.74, 6) is 2.25. The summed E-state index contributed by atoms with van der Waals surface area (Å²) in [5.41, 5.74) is 5.11. The van der Waals surface area contributed by atoms with Crippen LogP contribution in [-0.4, -0.2) is 9.04 Å². The van der Waals surface area contributed by atoms with Crippen molar-refractivity contribution in [2.75, 3.05) is 0 Å². The summed E-state index contributed by atoms with van der Waals surface area (Å²) < 4.78 is 6.41. The Morgan fingerprint density at radius 2 is 1.68 bits per heavy atom. The van der Waals surface area contributed by atoms with Crippen LogP contribution in [0.2, 0.25) is 13.1 Å². The van der Waals surface area contributed by atoms with E-state index in [0.29, 0.717) is 0 Å². The van der Waals surface area contributed by atoms with Gasteiger partial charge >= 0.3 is 0 Å². The van der Waals surface area contributed by atoms with Crippen molar-refractivity contribution < 1.29 is 4.43 Å². The predicted molar refractivity (Wildman–Crippen MR) is 83.7 cm³/mol. The van der Waals surface area contributed by atoms with Gasteiger partial charge in [-0.25, -0.2) is 0 Å². The molecule has 2 heteroatoms. The van der Waals surface area contributed by atoms with Gasteiger partial charge in [-0.15, -0.1) is 0 Å². The fourth-order valence-corrected chi connectivity index (χ4v) is 4.87. The van der Waals surface area contributed by atoms with Crippen molar-refractivity contribution in [3.63, 3.8) is 0 Å². The number of hydrogen-bond acceptors (Lipinski definition) is 1. The van der Waals surface area contributed by atoms with Crippen molar-refractivity contribution in [2.45, 2.75) is 77.3 Å². The first-order chi connectivity index (χ1) is 9.25. The van der Waals surface area contributed by atoms with Crippen LogP contribution in [0.25, 0.3) is 0 Å². The molecule has 0 amide bonds. The van der Waals surface area contributed by atoms with Crippen molar-refractivity contribution in [1.29, 1.82) is 0 Å². The van der Waals surface area contributed by atoms with Crippen molar-refractivity contribution in [1.82, 2.24) is 0 Å². The molecule has 1 nitrogen and oxygen atoms in total. The maximum atomic E-state index is 6.41. The molecule has 0 heterocycles. The van der Waals surface area contributed by atoms with E-state index in [-0.39, 0.29) is 0 Å². The molecule has 0 N–H and O–H groups in total. The maximum Gasteiger partial charge on any atom is 0.229 e. The fraction of sp³-hybridized carbons (Fsp3) is 0.765. The van der Waals surface area contributed by atoms with Gasteiger partial charge in [0.2, 0.25) is 9.04 Å². The van der Waals surface area contributed by atoms with Gasteiger partial charge in [-0.3, -0.25) is 0 Å². The van der Waals surface area contributed by atoms with E-state index < -0.39 is 9.04 Å². The third-order valence-electron chi connectivity index (χ3n) is 5.00. The van der Waals surface area contributed by atoms with Gasteiger partial charge < -0.3 is 4.43 Å². The topological polar surface area (TPSA) is 9.23 Å². The van der Waals surface area contributed by atoms with Gasteiger partial charge in [0.05, 0.1) is 0 Å². The molecule has 0 unspecified atom stereocenters. The molecule has 0 bridgehead atoms. The number of allylic oxidation sites excluding steroid dienone is 3. The van der Waals surface area contributed by atoms with Crippen LogP contribution in [0.1, 0.15) is 64.2 Å². The molecule has 0 saturated heterocycles. The van der Waals surface area contributed by atoms with Crippen molar-refractivity contribution in [3.05, 3.63) is 22.5 Å². The molecule has 0 radical (unpaired) electrons. The van der Waals surface area contributed by atoms with Crippen LogP contribution in [0.5, 0.6) is 0 Å². The highest BCUT2D eigenvalue weighted by Gasteiger charge is 2.32. The second-order valence-corrected chi connectivity index (χ2v) is 9.16. The first kappa shape index (κ1) is 13.5. The summed E-state index contributed by atoms with van der Waals surface area (Å²) in [5, 5.41) is 0. The highest BCUT2D eigenvalue weighted by molar-refractivity contribution is 6.48. The summed E-state index contributed by atoms with van der Waals surface area (Å²) in [7, 11) is -0.975. The minimum atomic E-state index is -0.975. The minimum absolute atomic E-state index is 0.849. The zero-order chi connectivity index (χ0) is 13.2. The van der Waals surface area contributed by atoms with E-state index in [2.05, 4.69) is 13.1 Å². The molecule has 0 aromatic heterocycles.